The Labute approximate surface area is 228 Å². The summed E-state index contributed by atoms with van der Waals surface area (Å²) in [5, 5.41) is 33.6. The highest BCUT2D eigenvalue weighted by Crippen LogP contribution is 2.51. The van der Waals surface area contributed by atoms with E-state index in [-0.39, 0.29) is 28.9 Å². The van der Waals surface area contributed by atoms with Gasteiger partial charge in [-0.05, 0) is 55.8 Å². The Kier molecular flexibility index (Phi) is 7.33. The highest BCUT2D eigenvalue weighted by atomic mass is 16.5. The Morgan fingerprint density at radius 1 is 1.10 bits per heavy atom. The molecule has 0 saturated heterocycles. The van der Waals surface area contributed by atoms with Crippen LogP contribution in [-0.4, -0.2) is 78.5 Å². The van der Waals surface area contributed by atoms with Crippen LogP contribution >= 0.6 is 0 Å². The molecule has 0 radical (unpaired) electrons. The van der Waals surface area contributed by atoms with Crippen molar-refractivity contribution in [2.45, 2.75) is 46.3 Å². The normalized spacial score (nSPS) is 25.0. The number of phenolic OH excluding ortho intramolecular Hbond substituents is 1. The van der Waals surface area contributed by atoms with E-state index in [1.807, 2.05) is 45.8 Å². The van der Waals surface area contributed by atoms with Crippen LogP contribution in [0.2, 0.25) is 0 Å². The van der Waals surface area contributed by atoms with Crippen LogP contribution in [0, 0.1) is 23.2 Å². The number of aromatic hydroxyl groups is 1. The summed E-state index contributed by atoms with van der Waals surface area (Å²) in [6, 6.07) is 1.07. The third-order valence-corrected chi connectivity index (χ3v) is 7.90. The van der Waals surface area contributed by atoms with Crippen molar-refractivity contribution in [1.29, 1.82) is 0 Å². The Morgan fingerprint density at radius 3 is 2.28 bits per heavy atom. The van der Waals surface area contributed by atoms with E-state index in [2.05, 4.69) is 0 Å². The molecule has 1 aromatic rings. The Bertz CT molecular complexity index is 1300. The van der Waals surface area contributed by atoms with Crippen molar-refractivity contribution in [3.63, 3.8) is 0 Å². The molecule has 1 aromatic carbocycles. The van der Waals surface area contributed by atoms with Crippen molar-refractivity contribution < 1.29 is 34.4 Å². The van der Waals surface area contributed by atoms with E-state index in [9.17, 15) is 29.7 Å². The first kappa shape index (κ1) is 28.6. The van der Waals surface area contributed by atoms with E-state index >= 15 is 0 Å². The second-order valence-electron chi connectivity index (χ2n) is 12.5. The first-order valence-electron chi connectivity index (χ1n) is 13.1. The average Bonchev–Trinajstić information content (AvgIpc) is 2.78. The number of Topliss-reactive ketones (excluding diaryl/α,β-unsaturated/α-hetero) is 2. The summed E-state index contributed by atoms with van der Waals surface area (Å²) in [4.78, 5) is 43.0. The first-order chi connectivity index (χ1) is 18.1. The van der Waals surface area contributed by atoms with Crippen LogP contribution in [0.1, 0.15) is 48.7 Å². The number of phenols is 1. The van der Waals surface area contributed by atoms with Gasteiger partial charge >= 0.3 is 0 Å². The Hall–Kier alpha value is -3.37. The second-order valence-corrected chi connectivity index (χ2v) is 12.5. The number of carbonyl (C=O) groups excluding carboxylic acids is 3. The monoisotopic (exact) mass is 541 g/mol. The summed E-state index contributed by atoms with van der Waals surface area (Å²) in [7, 11) is 7.12. The van der Waals surface area contributed by atoms with E-state index in [4.69, 9.17) is 10.5 Å². The molecule has 0 saturated carbocycles. The van der Waals surface area contributed by atoms with Gasteiger partial charge in [0.1, 0.15) is 22.8 Å². The zero-order valence-electron chi connectivity index (χ0n) is 23.7. The number of hydrogen-bond acceptors (Lipinski definition) is 9. The van der Waals surface area contributed by atoms with Crippen LogP contribution in [0.3, 0.4) is 0 Å². The summed E-state index contributed by atoms with van der Waals surface area (Å²) in [6.07, 6.45) is 0.652. The fourth-order valence-corrected chi connectivity index (χ4v) is 6.35. The van der Waals surface area contributed by atoms with Gasteiger partial charge in [-0.15, -0.1) is 0 Å². The van der Waals surface area contributed by atoms with Gasteiger partial charge in [-0.3, -0.25) is 19.3 Å². The molecule has 0 fully saturated rings. The van der Waals surface area contributed by atoms with Crippen LogP contribution in [0.15, 0.2) is 28.7 Å². The first-order valence-corrected chi connectivity index (χ1v) is 13.1. The van der Waals surface area contributed by atoms with Crippen molar-refractivity contribution in [3.8, 4) is 5.75 Å². The molecular weight excluding hydrogens is 502 g/mol. The van der Waals surface area contributed by atoms with Crippen LogP contribution in [0.4, 0.5) is 5.69 Å². The summed E-state index contributed by atoms with van der Waals surface area (Å²) in [5.41, 5.74) is 6.81. The number of ether oxygens (including phenoxy) is 1. The van der Waals surface area contributed by atoms with Crippen LogP contribution in [-0.2, 0) is 27.4 Å². The second kappa shape index (κ2) is 9.98. The van der Waals surface area contributed by atoms with Crippen LogP contribution in [0.25, 0.3) is 0 Å². The third-order valence-electron chi connectivity index (χ3n) is 7.90. The summed E-state index contributed by atoms with van der Waals surface area (Å²) < 4.78 is 5.84. The summed E-state index contributed by atoms with van der Waals surface area (Å²) >= 11 is 0. The number of fused-ring (bicyclic) bond motifs is 3. The standard InChI is InChI=1S/C29H39N3O7/c1-29(2,3)12-39-11-14-10-17(31(4)5)15-8-13-9-16-20(25(35)18(13)24(34)19(15)23(14)33)26(36)21(28(30)38)27(37)22(16)32(6)7/h10,13,16,20,22,33,35,37H,8-9,11-12H2,1-7H3,(H2,30,38)/t13?,16?,20?,22-/m0/s1. The largest absolute Gasteiger partial charge is 0.511 e. The maximum atomic E-state index is 14.0. The number of nitrogens with two attached hydrogens (primary N) is 1. The summed E-state index contributed by atoms with van der Waals surface area (Å²) in [6.45, 7) is 6.65. The fraction of sp³-hybridized carbons (Fsp3) is 0.552. The lowest BCUT2D eigenvalue weighted by Crippen LogP contribution is -2.53. The number of carbonyl (C=O) groups is 3. The van der Waals surface area contributed by atoms with Crippen molar-refractivity contribution in [1.82, 2.24) is 4.90 Å². The topological polar surface area (TPSA) is 154 Å². The van der Waals surface area contributed by atoms with Gasteiger partial charge < -0.3 is 30.7 Å². The number of ketones is 2. The van der Waals surface area contributed by atoms with E-state index in [0.717, 1.165) is 5.69 Å². The van der Waals surface area contributed by atoms with Gasteiger partial charge in [-0.2, -0.15) is 0 Å². The maximum absolute atomic E-state index is 14.0. The van der Waals surface area contributed by atoms with Gasteiger partial charge in [-0.25, -0.2) is 0 Å². The number of amides is 1. The lowest BCUT2D eigenvalue weighted by Gasteiger charge is -2.46. The fourth-order valence-electron chi connectivity index (χ4n) is 6.35. The van der Waals surface area contributed by atoms with Gasteiger partial charge in [0.25, 0.3) is 5.91 Å². The zero-order valence-corrected chi connectivity index (χ0v) is 23.7. The molecule has 3 aliphatic rings. The molecule has 1 amide bonds. The van der Waals surface area contributed by atoms with Gasteiger partial charge in [0.05, 0.1) is 30.7 Å². The molecule has 4 rings (SSSR count). The van der Waals surface area contributed by atoms with E-state index in [0.29, 0.717) is 30.6 Å². The van der Waals surface area contributed by atoms with Crippen LogP contribution < -0.4 is 10.6 Å². The highest BCUT2D eigenvalue weighted by molar-refractivity contribution is 6.22. The molecule has 0 spiro atoms. The van der Waals surface area contributed by atoms with E-state index in [1.165, 1.54) is 0 Å². The van der Waals surface area contributed by atoms with E-state index < -0.39 is 58.4 Å². The van der Waals surface area contributed by atoms with Crippen LogP contribution in [0.5, 0.6) is 5.75 Å². The number of hydrogen-bond donors (Lipinski definition) is 4. The van der Waals surface area contributed by atoms with Gasteiger partial charge in [-0.1, -0.05) is 20.8 Å². The quantitative estimate of drug-likeness (QED) is 0.398. The number of primary amides is 1. The number of nitrogens with zero attached hydrogens (tertiary/aromatic N) is 2. The lowest BCUT2D eigenvalue weighted by atomic mass is 9.60. The average molecular weight is 542 g/mol. The van der Waals surface area contributed by atoms with Crippen molar-refractivity contribution in [3.05, 3.63) is 45.4 Å². The number of aliphatic hydroxyl groups is 2. The minimum atomic E-state index is -1.21. The molecule has 3 aliphatic carbocycles. The number of aliphatic hydroxyl groups excluding tert-OH is 2. The third kappa shape index (κ3) is 4.80. The van der Waals surface area contributed by atoms with Crippen molar-refractivity contribution >= 4 is 23.2 Å². The Balaban J connectivity index is 1.85. The van der Waals surface area contributed by atoms with Gasteiger partial charge in [0.15, 0.2) is 11.6 Å². The molecular formula is C29H39N3O7. The minimum Gasteiger partial charge on any atom is -0.511 e. The smallest absolute Gasteiger partial charge is 0.255 e. The molecule has 3 unspecified atom stereocenters. The molecule has 0 aromatic heterocycles. The van der Waals surface area contributed by atoms with Gasteiger partial charge in [0.2, 0.25) is 0 Å². The number of rotatable bonds is 6. The Morgan fingerprint density at radius 2 is 1.74 bits per heavy atom. The zero-order chi connectivity index (χ0) is 29.1. The van der Waals surface area contributed by atoms with E-state index in [1.54, 1.807) is 19.0 Å². The predicted molar refractivity (Wildman–Crippen MR) is 146 cm³/mol. The summed E-state index contributed by atoms with van der Waals surface area (Å²) in [5.74, 6) is -5.72. The number of likely N-dealkylation sites (N-methyl/N-ethyl adjacent to an activating group) is 1. The molecule has 212 valence electrons. The number of allylic oxidation sites excluding steroid dienone is 2. The minimum absolute atomic E-state index is 0.0626. The van der Waals surface area contributed by atoms with Crippen molar-refractivity contribution in [2.24, 2.45) is 28.9 Å². The molecule has 4 atom stereocenters. The highest BCUT2D eigenvalue weighted by Gasteiger charge is 2.54. The number of anilines is 1. The maximum Gasteiger partial charge on any atom is 0.255 e. The molecule has 5 N–H and O–H groups in total. The SMILES string of the molecule is CN(C)c1cc(COCC(C)(C)C)c(O)c2c1CC1CC3C(C(=O)C(C(N)=O)=C(O)[C@H]3N(C)C)C(O)=C1C2=O. The molecule has 0 heterocycles. The predicted octanol–water partition coefficient (Wildman–Crippen LogP) is 2.63. The molecule has 10 heteroatoms. The van der Waals surface area contributed by atoms with Crippen molar-refractivity contribution in [2.75, 3.05) is 39.7 Å². The number of benzene rings is 1. The molecule has 39 heavy (non-hydrogen) atoms. The molecule has 0 bridgehead atoms. The molecule has 0 aliphatic heterocycles. The molecule has 10 nitrogen and oxygen atoms in total. The van der Waals surface area contributed by atoms with Gasteiger partial charge in [0, 0.05) is 30.9 Å². The lowest BCUT2D eigenvalue weighted by molar-refractivity contribution is -0.127.